The highest BCUT2D eigenvalue weighted by Crippen LogP contribution is 2.27. The molecule has 3 rings (SSSR count). The second-order valence-corrected chi connectivity index (χ2v) is 7.22. The zero-order valence-corrected chi connectivity index (χ0v) is 17.0. The first-order valence-electron chi connectivity index (χ1n) is 8.95. The summed E-state index contributed by atoms with van der Waals surface area (Å²) in [5, 5.41) is 3.92. The highest BCUT2D eigenvalue weighted by molar-refractivity contribution is 6.35. The largest absolute Gasteiger partial charge is 0.492 e. The van der Waals surface area contributed by atoms with Gasteiger partial charge in [0.05, 0.1) is 11.6 Å². The van der Waals surface area contributed by atoms with Crippen molar-refractivity contribution in [3.05, 3.63) is 76.3 Å². The Morgan fingerprint density at radius 2 is 1.96 bits per heavy atom. The zero-order valence-electron chi connectivity index (χ0n) is 15.5. The van der Waals surface area contributed by atoms with Gasteiger partial charge in [-0.05, 0) is 49.2 Å². The Balaban J connectivity index is 1.41. The normalized spacial score (nSPS) is 10.7. The first kappa shape index (κ1) is 20.2. The van der Waals surface area contributed by atoms with Crippen LogP contribution in [0.4, 0.5) is 5.69 Å². The van der Waals surface area contributed by atoms with E-state index in [1.165, 1.54) is 0 Å². The standard InChI is InChI=1S/C21H21Cl2N3O2/c1-15-24-10-11-26(15)14-16-4-7-18(8-5-16)25-21(27)3-2-12-28-20-9-6-17(22)13-19(20)23/h4-11,13H,2-3,12,14H2,1H3,(H,25,27). The van der Waals surface area contributed by atoms with Crippen LogP contribution in [0.25, 0.3) is 0 Å². The number of nitrogens with one attached hydrogen (secondary N) is 1. The van der Waals surface area contributed by atoms with Crippen LogP contribution in [0, 0.1) is 6.92 Å². The SMILES string of the molecule is Cc1nccn1Cc1ccc(NC(=O)CCCOc2ccc(Cl)cc2Cl)cc1. The number of halogens is 2. The van der Waals surface area contributed by atoms with Crippen LogP contribution in [0.5, 0.6) is 5.75 Å². The van der Waals surface area contributed by atoms with Gasteiger partial charge in [-0.3, -0.25) is 4.79 Å². The van der Waals surface area contributed by atoms with E-state index in [1.54, 1.807) is 24.4 Å². The summed E-state index contributed by atoms with van der Waals surface area (Å²) < 4.78 is 7.66. The number of hydrogen-bond acceptors (Lipinski definition) is 3. The fraction of sp³-hybridized carbons (Fsp3) is 0.238. The van der Waals surface area contributed by atoms with Crippen molar-refractivity contribution in [2.75, 3.05) is 11.9 Å². The third-order valence-electron chi connectivity index (χ3n) is 4.21. The number of hydrogen-bond donors (Lipinski definition) is 1. The lowest BCUT2D eigenvalue weighted by atomic mass is 10.2. The van der Waals surface area contributed by atoms with Gasteiger partial charge in [0.1, 0.15) is 11.6 Å². The van der Waals surface area contributed by atoms with Crippen LogP contribution in [0.1, 0.15) is 24.2 Å². The molecule has 0 aliphatic heterocycles. The number of carbonyl (C=O) groups excluding carboxylic acids is 1. The Morgan fingerprint density at radius 1 is 1.18 bits per heavy atom. The molecule has 1 aromatic heterocycles. The molecule has 0 saturated carbocycles. The van der Waals surface area contributed by atoms with Crippen molar-refractivity contribution in [1.29, 1.82) is 0 Å². The fourth-order valence-electron chi connectivity index (χ4n) is 2.69. The number of amides is 1. The molecule has 1 amide bonds. The van der Waals surface area contributed by atoms with Crippen molar-refractivity contribution in [3.8, 4) is 5.75 Å². The van der Waals surface area contributed by atoms with E-state index in [0.29, 0.717) is 35.2 Å². The van der Waals surface area contributed by atoms with E-state index in [1.807, 2.05) is 37.4 Å². The van der Waals surface area contributed by atoms with E-state index in [9.17, 15) is 4.79 Å². The Labute approximate surface area is 174 Å². The first-order valence-corrected chi connectivity index (χ1v) is 9.71. The van der Waals surface area contributed by atoms with Gasteiger partial charge >= 0.3 is 0 Å². The zero-order chi connectivity index (χ0) is 19.9. The Hall–Kier alpha value is -2.50. The second kappa shape index (κ2) is 9.62. The summed E-state index contributed by atoms with van der Waals surface area (Å²) in [5.74, 6) is 1.48. The topological polar surface area (TPSA) is 56.2 Å². The number of rotatable bonds is 8. The van der Waals surface area contributed by atoms with Crippen LogP contribution in [0.3, 0.4) is 0 Å². The molecule has 0 saturated heterocycles. The van der Waals surface area contributed by atoms with Crippen molar-refractivity contribution >= 4 is 34.8 Å². The minimum atomic E-state index is -0.0518. The van der Waals surface area contributed by atoms with E-state index < -0.39 is 0 Å². The van der Waals surface area contributed by atoms with Gasteiger partial charge in [0.15, 0.2) is 0 Å². The third kappa shape index (κ3) is 5.75. The van der Waals surface area contributed by atoms with Crippen molar-refractivity contribution in [1.82, 2.24) is 9.55 Å². The highest BCUT2D eigenvalue weighted by atomic mass is 35.5. The summed E-state index contributed by atoms with van der Waals surface area (Å²) in [6, 6.07) is 12.9. The Morgan fingerprint density at radius 3 is 2.64 bits per heavy atom. The van der Waals surface area contributed by atoms with Crippen molar-refractivity contribution < 1.29 is 9.53 Å². The molecular weight excluding hydrogens is 397 g/mol. The predicted octanol–water partition coefficient (Wildman–Crippen LogP) is 5.34. The molecule has 146 valence electrons. The molecule has 1 N–H and O–H groups in total. The highest BCUT2D eigenvalue weighted by Gasteiger charge is 2.06. The number of imidazole rings is 1. The van der Waals surface area contributed by atoms with Gasteiger partial charge in [-0.2, -0.15) is 0 Å². The van der Waals surface area contributed by atoms with Crippen molar-refractivity contribution in [2.45, 2.75) is 26.3 Å². The minimum absolute atomic E-state index is 0.0518. The maximum absolute atomic E-state index is 12.1. The van der Waals surface area contributed by atoms with E-state index in [4.69, 9.17) is 27.9 Å². The van der Waals surface area contributed by atoms with Crippen molar-refractivity contribution in [2.24, 2.45) is 0 Å². The van der Waals surface area contributed by atoms with E-state index in [-0.39, 0.29) is 5.91 Å². The summed E-state index contributed by atoms with van der Waals surface area (Å²) in [7, 11) is 0. The molecule has 0 aliphatic carbocycles. The van der Waals surface area contributed by atoms with Crippen LogP contribution >= 0.6 is 23.2 Å². The molecule has 0 spiro atoms. The third-order valence-corrected chi connectivity index (χ3v) is 4.74. The molecule has 1 heterocycles. The lowest BCUT2D eigenvalue weighted by Gasteiger charge is -2.09. The number of anilines is 1. The van der Waals surface area contributed by atoms with E-state index in [2.05, 4.69) is 14.9 Å². The Kier molecular flexibility index (Phi) is 6.95. The van der Waals surface area contributed by atoms with Crippen LogP contribution < -0.4 is 10.1 Å². The molecule has 7 heteroatoms. The summed E-state index contributed by atoms with van der Waals surface area (Å²) >= 11 is 11.9. The first-order chi connectivity index (χ1) is 13.5. The van der Waals surface area contributed by atoms with Gasteiger partial charge in [0.25, 0.3) is 0 Å². The maximum Gasteiger partial charge on any atom is 0.224 e. The molecule has 0 unspecified atom stereocenters. The quantitative estimate of drug-likeness (QED) is 0.502. The smallest absolute Gasteiger partial charge is 0.224 e. The van der Waals surface area contributed by atoms with Gasteiger partial charge in [-0.1, -0.05) is 35.3 Å². The lowest BCUT2D eigenvalue weighted by Crippen LogP contribution is -2.13. The molecule has 0 atom stereocenters. The van der Waals surface area contributed by atoms with Crippen LogP contribution in [0.15, 0.2) is 54.9 Å². The monoisotopic (exact) mass is 417 g/mol. The molecule has 28 heavy (non-hydrogen) atoms. The number of aryl methyl sites for hydroxylation is 1. The summed E-state index contributed by atoms with van der Waals surface area (Å²) in [6.45, 7) is 3.13. The van der Waals surface area contributed by atoms with Crippen molar-refractivity contribution in [3.63, 3.8) is 0 Å². The second-order valence-electron chi connectivity index (χ2n) is 6.37. The fourth-order valence-corrected chi connectivity index (χ4v) is 3.15. The molecule has 2 aromatic carbocycles. The summed E-state index contributed by atoms with van der Waals surface area (Å²) in [6.07, 6.45) is 4.68. The van der Waals surface area contributed by atoms with E-state index >= 15 is 0 Å². The number of ether oxygens (including phenoxy) is 1. The van der Waals surface area contributed by atoms with Crippen LogP contribution in [-0.2, 0) is 11.3 Å². The lowest BCUT2D eigenvalue weighted by molar-refractivity contribution is -0.116. The van der Waals surface area contributed by atoms with Crippen LogP contribution in [-0.4, -0.2) is 22.1 Å². The molecule has 0 bridgehead atoms. The van der Waals surface area contributed by atoms with Gasteiger partial charge in [-0.15, -0.1) is 0 Å². The molecule has 0 fully saturated rings. The maximum atomic E-state index is 12.1. The minimum Gasteiger partial charge on any atom is -0.492 e. The molecule has 5 nitrogen and oxygen atoms in total. The molecule has 0 radical (unpaired) electrons. The average Bonchev–Trinajstić information content (AvgIpc) is 3.06. The predicted molar refractivity (Wildman–Crippen MR) is 112 cm³/mol. The average molecular weight is 418 g/mol. The van der Waals surface area contributed by atoms with Crippen LogP contribution in [0.2, 0.25) is 10.0 Å². The van der Waals surface area contributed by atoms with Gasteiger partial charge in [-0.25, -0.2) is 4.98 Å². The van der Waals surface area contributed by atoms with Gasteiger partial charge in [0, 0.05) is 36.1 Å². The molecular formula is C21H21Cl2N3O2. The van der Waals surface area contributed by atoms with E-state index in [0.717, 1.165) is 23.6 Å². The number of benzene rings is 2. The van der Waals surface area contributed by atoms with Gasteiger partial charge in [0.2, 0.25) is 5.91 Å². The molecule has 0 aliphatic rings. The molecule has 3 aromatic rings. The Bertz CT molecular complexity index is 939. The number of nitrogens with zero attached hydrogens (tertiary/aromatic N) is 2. The summed E-state index contributed by atoms with van der Waals surface area (Å²) in [5.41, 5.74) is 1.92. The summed E-state index contributed by atoms with van der Waals surface area (Å²) in [4.78, 5) is 16.3. The van der Waals surface area contributed by atoms with Gasteiger partial charge < -0.3 is 14.6 Å². The number of aromatic nitrogens is 2. The number of carbonyl (C=O) groups is 1.